The topological polar surface area (TPSA) is 364 Å². The molecule has 0 aliphatic heterocycles. The minimum Gasteiger partial charge on any atom is -0.744 e. The van der Waals surface area contributed by atoms with Crippen LogP contribution >= 0.6 is 0 Å². The number of Topliss-reactive ketones (excluding diaryl/α,β-unsaturated/α-hetero) is 1. The van der Waals surface area contributed by atoms with Gasteiger partial charge in [0.15, 0.2) is 0 Å². The summed E-state index contributed by atoms with van der Waals surface area (Å²) in [4.78, 5) is 33.7. The third kappa shape index (κ3) is 12.9. The van der Waals surface area contributed by atoms with Crippen molar-refractivity contribution in [2.24, 2.45) is 20.4 Å². The summed E-state index contributed by atoms with van der Waals surface area (Å²) in [5.41, 5.74) is 1.28. The van der Waals surface area contributed by atoms with Gasteiger partial charge in [0.25, 0.3) is 5.69 Å². The van der Waals surface area contributed by atoms with E-state index in [1.54, 1.807) is 0 Å². The van der Waals surface area contributed by atoms with Crippen LogP contribution in [-0.2, 0) is 35.1 Å². The van der Waals surface area contributed by atoms with Crippen LogP contribution in [0.15, 0.2) is 138 Å². The van der Waals surface area contributed by atoms with E-state index < -0.39 is 101 Å². The number of allylic oxidation sites excluding steroid dienone is 3. The standard InChI is InChI=1S/C35H26N8O15S3.3Na/c1-58-23-9-6-21(7-10-23)38-42-34-32(61(55,56)57)13-18-12-24(59(49,50)51)15-28(33(18)35(34)46)41-40-27-16-26(29(44)17-30(27)45)39-37-20-4-2-19(3-5-20)36-25-11-8-22(43(47)48)14-31(25)60(52,53)54;;;/h2-17,36-38,45H,1H3,(H,49,50,51)(H,52,53,54)(H,55,56,57);;;/q;3*+1/p-3. The quantitative estimate of drug-likeness (QED) is 0.0244. The van der Waals surface area contributed by atoms with Gasteiger partial charge in [-0.3, -0.25) is 30.6 Å². The van der Waals surface area contributed by atoms with Crippen LogP contribution in [-0.4, -0.2) is 79.0 Å². The van der Waals surface area contributed by atoms with E-state index in [4.69, 9.17) is 4.74 Å². The number of hydrogen-bond donors (Lipinski definition) is 4. The van der Waals surface area contributed by atoms with Crippen molar-refractivity contribution in [2.45, 2.75) is 9.79 Å². The van der Waals surface area contributed by atoms with E-state index in [1.165, 1.54) is 55.6 Å². The van der Waals surface area contributed by atoms with Gasteiger partial charge in [0, 0.05) is 30.0 Å². The number of nitrogens with one attached hydrogen (secondary N) is 3. The molecule has 0 spiro atoms. The van der Waals surface area contributed by atoms with Gasteiger partial charge in [-0.1, -0.05) is 0 Å². The number of nitrogens with zero attached hydrogens (tertiary/aromatic N) is 5. The minimum atomic E-state index is -5.46. The van der Waals surface area contributed by atoms with Gasteiger partial charge in [-0.2, -0.15) is 10.2 Å². The summed E-state index contributed by atoms with van der Waals surface area (Å²) in [7, 11) is -14.5. The van der Waals surface area contributed by atoms with Gasteiger partial charge < -0.3 is 28.8 Å². The number of nitro groups is 1. The number of methoxy groups -OCH3 is 1. The molecule has 314 valence electrons. The van der Waals surface area contributed by atoms with Crippen molar-refractivity contribution in [2.75, 3.05) is 23.3 Å². The van der Waals surface area contributed by atoms with Crippen LogP contribution in [0.5, 0.6) is 5.75 Å². The maximum atomic E-state index is 13.8. The summed E-state index contributed by atoms with van der Waals surface area (Å²) in [5, 5.41) is 39.7. The second kappa shape index (κ2) is 21.7. The second-order valence-electron chi connectivity index (χ2n) is 12.3. The summed E-state index contributed by atoms with van der Waals surface area (Å²) >= 11 is 0. The van der Waals surface area contributed by atoms with E-state index in [1.807, 2.05) is 0 Å². The molecule has 0 aromatic heterocycles. The van der Waals surface area contributed by atoms with Gasteiger partial charge >= 0.3 is 88.7 Å². The van der Waals surface area contributed by atoms with Crippen molar-refractivity contribution in [3.05, 3.63) is 129 Å². The zero-order chi connectivity index (χ0) is 44.4. The van der Waals surface area contributed by atoms with E-state index in [0.29, 0.717) is 36.1 Å². The molecule has 2 aliphatic carbocycles. The summed E-state index contributed by atoms with van der Waals surface area (Å²) in [6.07, 6.45) is 2.25. The first-order valence-corrected chi connectivity index (χ1v) is 20.7. The van der Waals surface area contributed by atoms with Crippen LogP contribution in [0, 0.1) is 10.1 Å². The summed E-state index contributed by atoms with van der Waals surface area (Å²) in [6, 6.07) is 15.4. The first-order valence-electron chi connectivity index (χ1n) is 16.5. The van der Waals surface area contributed by atoms with E-state index in [2.05, 4.69) is 36.6 Å². The number of nitro benzene ring substituents is 1. The zero-order valence-corrected chi connectivity index (χ0v) is 41.8. The Labute approximate surface area is 428 Å². The van der Waals surface area contributed by atoms with Crippen LogP contribution in [0.4, 0.5) is 34.1 Å². The van der Waals surface area contributed by atoms with Gasteiger partial charge in [-0.25, -0.2) is 25.3 Å². The third-order valence-electron chi connectivity index (χ3n) is 8.26. The van der Waals surface area contributed by atoms with Crippen LogP contribution in [0.25, 0.3) is 6.08 Å². The SMILES string of the molecule is COc1ccc(NN=C2C(=O)c3c(cc(S(=O)(=O)[O-])cc3N=NC3=CC(=NNc4ccc(Nc5ccc([N+](=O)[O-])cc5S(=O)(=O)[O-])cc4)C(=O)C=C3O)C=C2S(=O)(=O)[O-])cc1.[Na+].[Na+].[Na+]. The summed E-state index contributed by atoms with van der Waals surface area (Å²) in [6.45, 7) is 0. The van der Waals surface area contributed by atoms with Crippen molar-refractivity contribution in [1.29, 1.82) is 0 Å². The molecule has 0 unspecified atom stereocenters. The number of hydrazone groups is 2. The average Bonchev–Trinajstić information content (AvgIpc) is 3.19. The number of hydrogen-bond acceptors (Lipinski definition) is 22. The fourth-order valence-corrected chi connectivity index (χ4v) is 7.22. The molecule has 0 bridgehead atoms. The van der Waals surface area contributed by atoms with E-state index in [0.717, 1.165) is 18.2 Å². The molecule has 29 heteroatoms. The Hall–Kier alpha value is -4.49. The number of carbonyl (C=O) groups is 2. The van der Waals surface area contributed by atoms with Crippen LogP contribution in [0.1, 0.15) is 15.9 Å². The normalized spacial score (nSPS) is 15.1. The number of aliphatic hydroxyl groups is 1. The molecule has 4 N–H and O–H groups in total. The number of azo groups is 1. The zero-order valence-electron chi connectivity index (χ0n) is 33.4. The molecule has 6 rings (SSSR count). The Morgan fingerprint density at radius 2 is 1.30 bits per heavy atom. The minimum absolute atomic E-state index is 0. The van der Waals surface area contributed by atoms with E-state index in [9.17, 15) is 63.7 Å². The van der Waals surface area contributed by atoms with Gasteiger partial charge in [-0.15, -0.1) is 10.2 Å². The number of ether oxygens (including phenoxy) is 1. The molecule has 4 aromatic rings. The molecule has 4 aromatic carbocycles. The molecule has 0 fully saturated rings. The van der Waals surface area contributed by atoms with Crippen molar-refractivity contribution < 1.29 is 152 Å². The molecule has 0 saturated heterocycles. The molecule has 23 nitrogen and oxygen atoms in total. The number of aliphatic hydroxyl groups excluding tert-OH is 1. The van der Waals surface area contributed by atoms with Gasteiger partial charge in [-0.05, 0) is 78.4 Å². The maximum absolute atomic E-state index is 13.8. The summed E-state index contributed by atoms with van der Waals surface area (Å²) in [5.74, 6) is -2.44. The molecule has 2 aliphatic rings. The Balaban J connectivity index is 0.00000363. The fourth-order valence-electron chi connectivity index (χ4n) is 5.39. The number of anilines is 4. The van der Waals surface area contributed by atoms with Crippen molar-refractivity contribution >= 4 is 93.5 Å². The Morgan fingerprint density at radius 3 is 1.86 bits per heavy atom. The van der Waals surface area contributed by atoms with Crippen molar-refractivity contribution in [3.8, 4) is 5.75 Å². The van der Waals surface area contributed by atoms with Gasteiger partial charge in [0.2, 0.25) is 11.6 Å². The molecule has 64 heavy (non-hydrogen) atoms. The van der Waals surface area contributed by atoms with Crippen LogP contribution < -0.4 is 110 Å². The van der Waals surface area contributed by atoms with E-state index in [-0.39, 0.29) is 117 Å². The van der Waals surface area contributed by atoms with Gasteiger partial charge in [0.05, 0.1) is 55.0 Å². The van der Waals surface area contributed by atoms with Gasteiger partial charge in [0.1, 0.15) is 59.0 Å². The van der Waals surface area contributed by atoms with Crippen molar-refractivity contribution in [1.82, 2.24) is 0 Å². The number of non-ortho nitro benzene ring substituents is 1. The molecular formula is C35H23N8Na3O15S3. The molecule has 0 saturated carbocycles. The number of rotatable bonds is 13. The monoisotopic (exact) mass is 960 g/mol. The Kier molecular flexibility index (Phi) is 18.2. The molecule has 0 amide bonds. The number of fused-ring (bicyclic) bond motifs is 1. The van der Waals surface area contributed by atoms with Crippen LogP contribution in [0.3, 0.4) is 0 Å². The Morgan fingerprint density at radius 1 is 0.703 bits per heavy atom. The predicted molar refractivity (Wildman–Crippen MR) is 211 cm³/mol. The number of carbonyl (C=O) groups excluding carboxylic acids is 2. The third-order valence-corrected chi connectivity index (χ3v) is 10.8. The van der Waals surface area contributed by atoms with Crippen molar-refractivity contribution in [3.63, 3.8) is 0 Å². The number of ketones is 2. The average molecular weight is 961 g/mol. The number of benzene rings is 4. The van der Waals surface area contributed by atoms with E-state index >= 15 is 0 Å². The summed E-state index contributed by atoms with van der Waals surface area (Å²) < 4.78 is 113. The molecule has 0 heterocycles. The largest absolute Gasteiger partial charge is 1.00 e. The molecular weight excluding hydrogens is 938 g/mol. The Bertz CT molecular complexity index is 3090. The fraction of sp³-hybridized carbons (Fsp3) is 0.0286. The van der Waals surface area contributed by atoms with Crippen LogP contribution in [0.2, 0.25) is 0 Å². The first-order chi connectivity index (χ1) is 28.6. The predicted octanol–water partition coefficient (Wildman–Crippen LogP) is -4.82. The molecule has 0 atom stereocenters. The first kappa shape index (κ1) is 53.8. The maximum Gasteiger partial charge on any atom is 1.00 e. The second-order valence-corrected chi connectivity index (χ2v) is 16.4. The smallest absolute Gasteiger partial charge is 0.744 e. The molecule has 0 radical (unpaired) electrons.